The number of carboxylic acid groups (broad SMARTS) is 1. The minimum Gasteiger partial charge on any atom is -0.478 e. The lowest BCUT2D eigenvalue weighted by molar-refractivity contribution is -0.0497. The standard InChI is InChI=1S/C13H10ClF2NO4/c14-10-4-8(1-2-11(10)21-13(15)16)17-5-9-3-7(6-20-9)12(18)19/h1-4,6,13,17H,5H2,(H,18,19). The zero-order chi connectivity index (χ0) is 15.4. The van der Waals surface area contributed by atoms with Gasteiger partial charge in [-0.2, -0.15) is 8.78 Å². The Hall–Kier alpha value is -2.28. The van der Waals surface area contributed by atoms with Crippen molar-refractivity contribution >= 4 is 23.3 Å². The van der Waals surface area contributed by atoms with Crippen molar-refractivity contribution in [2.45, 2.75) is 13.2 Å². The predicted molar refractivity (Wildman–Crippen MR) is 71.1 cm³/mol. The molecule has 0 radical (unpaired) electrons. The van der Waals surface area contributed by atoms with E-state index in [1.54, 1.807) is 0 Å². The molecule has 0 bridgehead atoms. The number of carboxylic acids is 1. The van der Waals surface area contributed by atoms with E-state index in [4.69, 9.17) is 21.1 Å². The third-order valence-electron chi connectivity index (χ3n) is 2.52. The highest BCUT2D eigenvalue weighted by Gasteiger charge is 2.10. The first-order valence-electron chi connectivity index (χ1n) is 5.74. The normalized spacial score (nSPS) is 10.7. The van der Waals surface area contributed by atoms with Crippen LogP contribution >= 0.6 is 11.6 Å². The van der Waals surface area contributed by atoms with Gasteiger partial charge in [0, 0.05) is 5.69 Å². The molecule has 0 amide bonds. The number of carbonyl (C=O) groups is 1. The van der Waals surface area contributed by atoms with E-state index in [1.165, 1.54) is 24.3 Å². The molecule has 8 heteroatoms. The quantitative estimate of drug-likeness (QED) is 0.847. The second-order valence-corrected chi connectivity index (χ2v) is 4.39. The van der Waals surface area contributed by atoms with Crippen LogP contribution < -0.4 is 10.1 Å². The third kappa shape index (κ3) is 4.09. The van der Waals surface area contributed by atoms with Crippen molar-refractivity contribution < 1.29 is 27.8 Å². The first-order chi connectivity index (χ1) is 9.95. The summed E-state index contributed by atoms with van der Waals surface area (Å²) in [5, 5.41) is 11.7. The number of anilines is 1. The Morgan fingerprint density at radius 1 is 1.43 bits per heavy atom. The Bertz CT molecular complexity index is 645. The van der Waals surface area contributed by atoms with Gasteiger partial charge in [-0.05, 0) is 24.3 Å². The average Bonchev–Trinajstić information content (AvgIpc) is 2.88. The van der Waals surface area contributed by atoms with E-state index in [2.05, 4.69) is 10.1 Å². The molecule has 0 aliphatic heterocycles. The first-order valence-corrected chi connectivity index (χ1v) is 6.12. The van der Waals surface area contributed by atoms with Crippen LogP contribution in [0.1, 0.15) is 16.1 Å². The largest absolute Gasteiger partial charge is 0.478 e. The summed E-state index contributed by atoms with van der Waals surface area (Å²) in [6.07, 6.45) is 1.13. The second kappa shape index (κ2) is 6.45. The number of hydrogen-bond acceptors (Lipinski definition) is 4. The van der Waals surface area contributed by atoms with Crippen LogP contribution in [-0.4, -0.2) is 17.7 Å². The summed E-state index contributed by atoms with van der Waals surface area (Å²) in [5.74, 6) is -0.790. The molecule has 2 aromatic rings. The van der Waals surface area contributed by atoms with Gasteiger partial charge >= 0.3 is 12.6 Å². The molecule has 0 atom stereocenters. The van der Waals surface area contributed by atoms with E-state index >= 15 is 0 Å². The van der Waals surface area contributed by atoms with Crippen LogP contribution in [0, 0.1) is 0 Å². The van der Waals surface area contributed by atoms with Crippen LogP contribution in [-0.2, 0) is 6.54 Å². The lowest BCUT2D eigenvalue weighted by Gasteiger charge is -2.09. The molecule has 1 aromatic heterocycles. The van der Waals surface area contributed by atoms with E-state index in [0.29, 0.717) is 11.4 Å². The van der Waals surface area contributed by atoms with Crippen molar-refractivity contribution in [2.75, 3.05) is 5.32 Å². The number of alkyl halides is 2. The summed E-state index contributed by atoms with van der Waals surface area (Å²) < 4.78 is 33.4. The van der Waals surface area contributed by atoms with Gasteiger partial charge in [0.05, 0.1) is 17.1 Å². The molecule has 0 aliphatic carbocycles. The lowest BCUT2D eigenvalue weighted by Crippen LogP contribution is -2.03. The molecule has 1 heterocycles. The molecule has 2 rings (SSSR count). The maximum absolute atomic E-state index is 12.1. The fourth-order valence-electron chi connectivity index (χ4n) is 1.58. The highest BCUT2D eigenvalue weighted by Crippen LogP contribution is 2.29. The minimum absolute atomic E-state index is 0.0333. The molecule has 5 nitrogen and oxygen atoms in total. The van der Waals surface area contributed by atoms with Gasteiger partial charge < -0.3 is 19.6 Å². The molecule has 0 aliphatic rings. The summed E-state index contributed by atoms with van der Waals surface area (Å²) in [5.41, 5.74) is 0.598. The summed E-state index contributed by atoms with van der Waals surface area (Å²) in [6.45, 7) is -2.72. The molecule has 112 valence electrons. The van der Waals surface area contributed by atoms with Gasteiger partial charge in [0.15, 0.2) is 0 Å². The third-order valence-corrected chi connectivity index (χ3v) is 2.81. The molecule has 21 heavy (non-hydrogen) atoms. The van der Waals surface area contributed by atoms with Crippen molar-refractivity contribution in [1.82, 2.24) is 0 Å². The zero-order valence-corrected chi connectivity index (χ0v) is 11.2. The molecule has 0 fully saturated rings. The summed E-state index contributed by atoms with van der Waals surface area (Å²) >= 11 is 5.80. The highest BCUT2D eigenvalue weighted by atomic mass is 35.5. The van der Waals surface area contributed by atoms with Gasteiger partial charge in [-0.25, -0.2) is 4.79 Å². The van der Waals surface area contributed by atoms with Crippen LogP contribution in [0.15, 0.2) is 34.9 Å². The smallest absolute Gasteiger partial charge is 0.387 e. The van der Waals surface area contributed by atoms with Gasteiger partial charge in [0.1, 0.15) is 17.8 Å². The molecular weight excluding hydrogens is 308 g/mol. The maximum atomic E-state index is 12.1. The molecule has 0 unspecified atom stereocenters. The van der Waals surface area contributed by atoms with Crippen LogP contribution in [0.25, 0.3) is 0 Å². The predicted octanol–water partition coefficient (Wildman–Crippen LogP) is 3.84. The summed E-state index contributed by atoms with van der Waals surface area (Å²) in [6, 6.07) is 5.61. The first kappa shape index (κ1) is 15.1. The minimum atomic E-state index is -2.95. The SMILES string of the molecule is O=C(O)c1coc(CNc2ccc(OC(F)F)c(Cl)c2)c1. The van der Waals surface area contributed by atoms with Gasteiger partial charge in [0.2, 0.25) is 0 Å². The van der Waals surface area contributed by atoms with Crippen LogP contribution in [0.4, 0.5) is 14.5 Å². The number of benzene rings is 1. The van der Waals surface area contributed by atoms with Gasteiger partial charge in [-0.1, -0.05) is 11.6 Å². The molecular formula is C13H10ClF2NO4. The van der Waals surface area contributed by atoms with Crippen molar-refractivity contribution in [3.05, 3.63) is 46.9 Å². The molecule has 0 spiro atoms. The average molecular weight is 318 g/mol. The van der Waals surface area contributed by atoms with Crippen LogP contribution in [0.5, 0.6) is 5.75 Å². The van der Waals surface area contributed by atoms with Gasteiger partial charge in [-0.3, -0.25) is 0 Å². The fourth-order valence-corrected chi connectivity index (χ4v) is 1.80. The number of ether oxygens (including phenoxy) is 1. The van der Waals surface area contributed by atoms with Crippen molar-refractivity contribution in [2.24, 2.45) is 0 Å². The lowest BCUT2D eigenvalue weighted by atomic mass is 10.3. The number of furan rings is 1. The van der Waals surface area contributed by atoms with Gasteiger partial charge in [0.25, 0.3) is 0 Å². The van der Waals surface area contributed by atoms with E-state index in [0.717, 1.165) is 6.26 Å². The maximum Gasteiger partial charge on any atom is 0.387 e. The van der Waals surface area contributed by atoms with E-state index in [9.17, 15) is 13.6 Å². The van der Waals surface area contributed by atoms with Gasteiger partial charge in [-0.15, -0.1) is 0 Å². The number of nitrogens with one attached hydrogen (secondary N) is 1. The number of hydrogen-bond donors (Lipinski definition) is 2. The highest BCUT2D eigenvalue weighted by molar-refractivity contribution is 6.32. The van der Waals surface area contributed by atoms with Crippen molar-refractivity contribution in [1.29, 1.82) is 0 Å². The van der Waals surface area contributed by atoms with Crippen LogP contribution in [0.3, 0.4) is 0 Å². The molecule has 1 aromatic carbocycles. The van der Waals surface area contributed by atoms with E-state index in [-0.39, 0.29) is 22.9 Å². The topological polar surface area (TPSA) is 71.7 Å². The Morgan fingerprint density at radius 2 is 2.19 bits per heavy atom. The van der Waals surface area contributed by atoms with Crippen molar-refractivity contribution in [3.63, 3.8) is 0 Å². The summed E-state index contributed by atoms with van der Waals surface area (Å²) in [4.78, 5) is 10.7. The Balaban J connectivity index is 1.99. The number of halogens is 3. The number of aromatic carboxylic acids is 1. The monoisotopic (exact) mass is 317 g/mol. The Kier molecular flexibility index (Phi) is 4.64. The molecule has 0 saturated heterocycles. The van der Waals surface area contributed by atoms with Crippen LogP contribution in [0.2, 0.25) is 5.02 Å². The molecule has 2 N–H and O–H groups in total. The van der Waals surface area contributed by atoms with E-state index in [1.807, 2.05) is 0 Å². The molecule has 0 saturated carbocycles. The van der Waals surface area contributed by atoms with Crippen molar-refractivity contribution in [3.8, 4) is 5.75 Å². The number of rotatable bonds is 6. The second-order valence-electron chi connectivity index (χ2n) is 3.98. The van der Waals surface area contributed by atoms with E-state index < -0.39 is 12.6 Å². The fraction of sp³-hybridized carbons (Fsp3) is 0.154. The summed E-state index contributed by atoms with van der Waals surface area (Å²) in [7, 11) is 0. The Labute approximate surface area is 123 Å². The zero-order valence-electron chi connectivity index (χ0n) is 10.5. The Morgan fingerprint density at radius 3 is 2.76 bits per heavy atom.